The van der Waals surface area contributed by atoms with E-state index in [-0.39, 0.29) is 23.5 Å². The van der Waals surface area contributed by atoms with Crippen LogP contribution in [0.1, 0.15) is 53.5 Å². The van der Waals surface area contributed by atoms with Crippen molar-refractivity contribution in [2.45, 2.75) is 65.1 Å². The van der Waals surface area contributed by atoms with Gasteiger partial charge < -0.3 is 14.1 Å². The maximum absolute atomic E-state index is 12.6. The van der Waals surface area contributed by atoms with Crippen molar-refractivity contribution >= 4 is 25.5 Å². The minimum Gasteiger partial charge on any atom is -0.444 e. The lowest BCUT2D eigenvalue weighted by atomic mass is 9.87. The molecule has 33 heavy (non-hydrogen) atoms. The Hall–Kier alpha value is -2.55. The Morgan fingerprint density at radius 2 is 1.61 bits per heavy atom. The van der Waals surface area contributed by atoms with Gasteiger partial charge in [0.25, 0.3) is 9.04 Å². The molecule has 0 spiro atoms. The molecular weight excluding hydrogens is 426 g/mol. The first-order chi connectivity index (χ1) is 15.5. The minimum atomic E-state index is -1.50. The molecular formula is C28H36NO3Si. The van der Waals surface area contributed by atoms with Crippen LogP contribution in [-0.4, -0.2) is 44.8 Å². The predicted molar refractivity (Wildman–Crippen MR) is 136 cm³/mol. The topological polar surface area (TPSA) is 38.8 Å². The van der Waals surface area contributed by atoms with E-state index in [4.69, 9.17) is 15.6 Å². The van der Waals surface area contributed by atoms with Crippen LogP contribution < -0.4 is 10.4 Å². The molecule has 175 valence electrons. The average molecular weight is 463 g/mol. The van der Waals surface area contributed by atoms with Crippen LogP contribution >= 0.6 is 0 Å². The van der Waals surface area contributed by atoms with Gasteiger partial charge in [0.2, 0.25) is 0 Å². The van der Waals surface area contributed by atoms with Crippen LogP contribution in [0.25, 0.3) is 0 Å². The van der Waals surface area contributed by atoms with Gasteiger partial charge in [-0.05, 0) is 48.5 Å². The van der Waals surface area contributed by atoms with Crippen LogP contribution in [0.5, 0.6) is 0 Å². The molecule has 0 aromatic heterocycles. The van der Waals surface area contributed by atoms with Crippen molar-refractivity contribution in [2.75, 3.05) is 13.1 Å². The SMILES string of the molecule is C#CC1CN(C(=O)OC(C)(C)C)CCC1O[Si](c1ccccc1)c1ccc(C(C)(C)C)cc1. The summed E-state index contributed by atoms with van der Waals surface area (Å²) in [5, 5.41) is 2.39. The van der Waals surface area contributed by atoms with Crippen molar-refractivity contribution in [3.8, 4) is 12.3 Å². The first kappa shape index (κ1) is 25.1. The highest BCUT2D eigenvalue weighted by Gasteiger charge is 2.35. The van der Waals surface area contributed by atoms with E-state index in [1.807, 2.05) is 26.8 Å². The van der Waals surface area contributed by atoms with Gasteiger partial charge in [-0.25, -0.2) is 4.79 Å². The second-order valence-corrected chi connectivity index (χ2v) is 12.7. The third kappa shape index (κ3) is 6.72. The number of piperidine rings is 1. The third-order valence-electron chi connectivity index (χ3n) is 5.73. The number of nitrogens with zero attached hydrogens (tertiary/aromatic N) is 1. The van der Waals surface area contributed by atoms with E-state index >= 15 is 0 Å². The van der Waals surface area contributed by atoms with Crippen molar-refractivity contribution in [3.05, 3.63) is 60.2 Å². The Kier molecular flexibility index (Phi) is 7.72. The number of rotatable bonds is 4. The molecule has 0 saturated carbocycles. The lowest BCUT2D eigenvalue weighted by Gasteiger charge is -2.38. The largest absolute Gasteiger partial charge is 0.444 e. The zero-order chi connectivity index (χ0) is 24.2. The fourth-order valence-electron chi connectivity index (χ4n) is 3.89. The molecule has 0 N–H and O–H groups in total. The van der Waals surface area contributed by atoms with Gasteiger partial charge in [0.15, 0.2) is 0 Å². The van der Waals surface area contributed by atoms with Crippen LogP contribution in [-0.2, 0) is 14.6 Å². The molecule has 1 radical (unpaired) electrons. The molecule has 0 bridgehead atoms. The second kappa shape index (κ2) is 10.2. The smallest absolute Gasteiger partial charge is 0.410 e. The van der Waals surface area contributed by atoms with E-state index in [0.29, 0.717) is 19.5 Å². The number of carbonyl (C=O) groups is 1. The van der Waals surface area contributed by atoms with Crippen molar-refractivity contribution in [1.29, 1.82) is 0 Å². The van der Waals surface area contributed by atoms with Gasteiger partial charge in [0.05, 0.1) is 12.0 Å². The number of hydrogen-bond acceptors (Lipinski definition) is 3. The summed E-state index contributed by atoms with van der Waals surface area (Å²) in [7, 11) is -1.50. The van der Waals surface area contributed by atoms with Gasteiger partial charge in [0.1, 0.15) is 5.60 Å². The zero-order valence-corrected chi connectivity index (χ0v) is 21.7. The Bertz CT molecular complexity index is 967. The number of benzene rings is 2. The van der Waals surface area contributed by atoms with Crippen LogP contribution in [0.15, 0.2) is 54.6 Å². The number of terminal acetylenes is 1. The monoisotopic (exact) mass is 462 g/mol. The number of hydrogen-bond donors (Lipinski definition) is 0. The molecule has 1 amide bonds. The van der Waals surface area contributed by atoms with Crippen molar-refractivity contribution in [2.24, 2.45) is 5.92 Å². The molecule has 2 atom stereocenters. The quantitative estimate of drug-likeness (QED) is 0.500. The van der Waals surface area contributed by atoms with Crippen molar-refractivity contribution in [1.82, 2.24) is 4.90 Å². The lowest BCUT2D eigenvalue weighted by molar-refractivity contribution is 0.00545. The van der Waals surface area contributed by atoms with Gasteiger partial charge in [0, 0.05) is 13.1 Å². The molecule has 1 aliphatic heterocycles. The molecule has 1 saturated heterocycles. The highest BCUT2D eigenvalue weighted by Crippen LogP contribution is 2.24. The molecule has 2 unspecified atom stereocenters. The van der Waals surface area contributed by atoms with Gasteiger partial charge >= 0.3 is 6.09 Å². The summed E-state index contributed by atoms with van der Waals surface area (Å²) in [4.78, 5) is 14.3. The summed E-state index contributed by atoms with van der Waals surface area (Å²) >= 11 is 0. The molecule has 5 heteroatoms. The minimum absolute atomic E-state index is 0.0993. The highest BCUT2D eigenvalue weighted by atomic mass is 28.3. The predicted octanol–water partition coefficient (Wildman–Crippen LogP) is 4.37. The van der Waals surface area contributed by atoms with E-state index in [0.717, 1.165) is 0 Å². The Morgan fingerprint density at radius 1 is 1.00 bits per heavy atom. The fourth-order valence-corrected chi connectivity index (χ4v) is 6.04. The maximum atomic E-state index is 12.6. The van der Waals surface area contributed by atoms with Crippen LogP contribution in [0, 0.1) is 18.3 Å². The first-order valence-corrected chi connectivity index (χ1v) is 13.0. The number of amides is 1. The van der Waals surface area contributed by atoms with Gasteiger partial charge in [-0.1, -0.05) is 81.3 Å². The molecule has 1 aliphatic rings. The van der Waals surface area contributed by atoms with Gasteiger partial charge in [-0.3, -0.25) is 0 Å². The van der Waals surface area contributed by atoms with Gasteiger partial charge in [-0.15, -0.1) is 6.42 Å². The molecule has 4 nitrogen and oxygen atoms in total. The number of carbonyl (C=O) groups excluding carboxylic acids is 1. The number of ether oxygens (including phenoxy) is 1. The standard InChI is InChI=1S/C28H36NO3Si/c1-8-21-20-29(26(30)31-28(5,6)7)19-18-25(21)32-33(23-12-10-9-11-13-23)24-16-14-22(15-17-24)27(2,3)4/h1,9-17,21,25H,18-20H2,2-7H3. The first-order valence-electron chi connectivity index (χ1n) is 11.6. The lowest BCUT2D eigenvalue weighted by Crippen LogP contribution is -2.53. The summed E-state index contributed by atoms with van der Waals surface area (Å²) in [6.07, 6.45) is 6.18. The van der Waals surface area contributed by atoms with E-state index < -0.39 is 14.6 Å². The van der Waals surface area contributed by atoms with Crippen molar-refractivity contribution < 1.29 is 14.0 Å². The maximum Gasteiger partial charge on any atom is 0.410 e. The summed E-state index contributed by atoms with van der Waals surface area (Å²) in [5.41, 5.74) is 0.869. The Labute approximate surface area is 201 Å². The normalized spacial score (nSPS) is 19.3. The molecule has 0 aliphatic carbocycles. The average Bonchev–Trinajstić information content (AvgIpc) is 2.76. The molecule has 1 heterocycles. The zero-order valence-electron chi connectivity index (χ0n) is 20.7. The third-order valence-corrected chi connectivity index (χ3v) is 7.99. The summed E-state index contributed by atoms with van der Waals surface area (Å²) in [5.74, 6) is 2.70. The summed E-state index contributed by atoms with van der Waals surface area (Å²) in [6.45, 7) is 13.3. The summed E-state index contributed by atoms with van der Waals surface area (Å²) < 4.78 is 12.3. The van der Waals surface area contributed by atoms with Crippen molar-refractivity contribution in [3.63, 3.8) is 0 Å². The second-order valence-electron chi connectivity index (χ2n) is 10.7. The molecule has 2 aromatic carbocycles. The van der Waals surface area contributed by atoms with E-state index in [1.165, 1.54) is 15.9 Å². The van der Waals surface area contributed by atoms with Crippen LogP contribution in [0.2, 0.25) is 0 Å². The highest BCUT2D eigenvalue weighted by molar-refractivity contribution is 6.80. The summed E-state index contributed by atoms with van der Waals surface area (Å²) in [6, 6.07) is 19.2. The van der Waals surface area contributed by atoms with E-state index in [2.05, 4.69) is 75.2 Å². The fraction of sp³-hybridized carbons (Fsp3) is 0.464. The molecule has 3 rings (SSSR count). The van der Waals surface area contributed by atoms with Crippen LogP contribution in [0.3, 0.4) is 0 Å². The van der Waals surface area contributed by atoms with Gasteiger partial charge in [-0.2, -0.15) is 0 Å². The van der Waals surface area contributed by atoms with E-state index in [9.17, 15) is 4.79 Å². The number of likely N-dealkylation sites (tertiary alicyclic amines) is 1. The van der Waals surface area contributed by atoms with Crippen LogP contribution in [0.4, 0.5) is 4.79 Å². The molecule has 1 fully saturated rings. The molecule has 2 aromatic rings. The van der Waals surface area contributed by atoms with E-state index in [1.54, 1.807) is 4.90 Å². The Balaban J connectivity index is 1.81. The Morgan fingerprint density at radius 3 is 2.15 bits per heavy atom.